The zero-order chi connectivity index (χ0) is 11.5. The molecule has 0 aromatic heterocycles. The fraction of sp³-hybridized carbons (Fsp3) is 0.167. The molecule has 0 amide bonds. The summed E-state index contributed by atoms with van der Waals surface area (Å²) >= 11 is -0.556. The minimum absolute atomic E-state index is 0.556. The second-order valence-corrected chi connectivity index (χ2v) is 5.50. The fourth-order valence-electron chi connectivity index (χ4n) is 0.920. The Morgan fingerprint density at radius 2 is 1.00 bits per heavy atom. The van der Waals surface area contributed by atoms with E-state index >= 15 is 0 Å². The van der Waals surface area contributed by atoms with Crippen molar-refractivity contribution in [2.24, 2.45) is 0 Å². The van der Waals surface area contributed by atoms with E-state index in [-0.39, 0.29) is 0 Å². The first-order chi connectivity index (χ1) is 7.22. The van der Waals surface area contributed by atoms with Gasteiger partial charge in [-0.25, -0.2) is 0 Å². The van der Waals surface area contributed by atoms with E-state index in [1.54, 1.807) is 0 Å². The van der Waals surface area contributed by atoms with Crippen LogP contribution in [0.2, 0.25) is 0 Å². The zero-order valence-corrected chi connectivity index (χ0v) is 11.9. The van der Waals surface area contributed by atoms with E-state index in [1.807, 2.05) is 32.1 Å². The molecule has 0 unspecified atom stereocenters. The Bertz CT molecular complexity index is 111. The monoisotopic (exact) mass is 276 g/mol. The summed E-state index contributed by atoms with van der Waals surface area (Å²) in [5, 5.41) is 0. The average Bonchev–Trinajstić information content (AvgIpc) is 2.84. The van der Waals surface area contributed by atoms with Gasteiger partial charge in [0, 0.05) is 0 Å². The third-order valence-electron chi connectivity index (χ3n) is 1.87. The Morgan fingerprint density at radius 3 is 1.13 bits per heavy atom. The van der Waals surface area contributed by atoms with E-state index in [1.165, 1.54) is 11.8 Å². The SMILES string of the molecule is C[C]1[CH][CH][CH][C]1C.[CH]1[CH][CH][CH][CH]1.[Cl][Ti][Cl]. The summed E-state index contributed by atoms with van der Waals surface area (Å²) in [5.74, 6) is 2.78. The summed E-state index contributed by atoms with van der Waals surface area (Å²) < 4.78 is 0. The van der Waals surface area contributed by atoms with Crippen molar-refractivity contribution in [2.45, 2.75) is 13.8 Å². The molecule has 10 radical (unpaired) electrons. The molecule has 3 heteroatoms. The van der Waals surface area contributed by atoms with Crippen LogP contribution in [0.3, 0.4) is 0 Å². The average molecular weight is 277 g/mol. The summed E-state index contributed by atoms with van der Waals surface area (Å²) in [6, 6.07) is 0. The van der Waals surface area contributed by atoms with E-state index < -0.39 is 17.0 Å². The van der Waals surface area contributed by atoms with Crippen LogP contribution in [-0.4, -0.2) is 0 Å². The molecule has 0 spiro atoms. The first kappa shape index (κ1) is 16.3. The van der Waals surface area contributed by atoms with E-state index in [4.69, 9.17) is 18.6 Å². The molecule has 0 saturated heterocycles. The quantitative estimate of drug-likeness (QED) is 0.582. The first-order valence-corrected chi connectivity index (χ1v) is 8.84. The number of rotatable bonds is 0. The molecule has 0 heterocycles. The van der Waals surface area contributed by atoms with Crippen LogP contribution in [0.1, 0.15) is 13.8 Å². The van der Waals surface area contributed by atoms with Gasteiger partial charge >= 0.3 is 35.6 Å². The van der Waals surface area contributed by atoms with Crippen LogP contribution in [0.15, 0.2) is 0 Å². The van der Waals surface area contributed by atoms with Gasteiger partial charge in [0.1, 0.15) is 0 Å². The molecule has 0 aromatic carbocycles. The molecule has 80 valence electrons. The number of hydrogen-bond donors (Lipinski definition) is 0. The predicted molar refractivity (Wildman–Crippen MR) is 63.9 cm³/mol. The van der Waals surface area contributed by atoms with Gasteiger partial charge in [-0.05, 0) is 63.2 Å². The summed E-state index contributed by atoms with van der Waals surface area (Å²) in [5.41, 5.74) is 0. The number of halogens is 2. The van der Waals surface area contributed by atoms with E-state index in [0.29, 0.717) is 0 Å². The van der Waals surface area contributed by atoms with Crippen molar-refractivity contribution < 1.29 is 17.0 Å². The van der Waals surface area contributed by atoms with Crippen molar-refractivity contribution in [3.63, 3.8) is 0 Å². The van der Waals surface area contributed by atoms with Crippen LogP contribution in [-0.2, 0) is 17.0 Å². The molecule has 15 heavy (non-hydrogen) atoms. The molecular formula is C12H14Cl2Ti. The maximum absolute atomic E-state index is 4.89. The Kier molecular flexibility index (Phi) is 12.8. The summed E-state index contributed by atoms with van der Waals surface area (Å²) in [4.78, 5) is 0. The van der Waals surface area contributed by atoms with Crippen molar-refractivity contribution in [1.82, 2.24) is 0 Å². The Hall–Kier alpha value is 1.29. The molecule has 0 aromatic rings. The van der Waals surface area contributed by atoms with E-state index in [2.05, 4.69) is 33.1 Å². The van der Waals surface area contributed by atoms with Gasteiger partial charge in [-0.1, -0.05) is 13.8 Å². The molecule has 0 nitrogen and oxygen atoms in total. The summed E-state index contributed by atoms with van der Waals surface area (Å²) in [6.45, 7) is 4.24. The van der Waals surface area contributed by atoms with Crippen LogP contribution >= 0.6 is 18.6 Å². The minimum atomic E-state index is -0.556. The van der Waals surface area contributed by atoms with Gasteiger partial charge in [-0.15, -0.1) is 0 Å². The molecule has 2 aliphatic carbocycles. The van der Waals surface area contributed by atoms with Gasteiger partial charge in [0.2, 0.25) is 0 Å². The molecular weight excluding hydrogens is 263 g/mol. The Morgan fingerprint density at radius 1 is 0.733 bits per heavy atom. The van der Waals surface area contributed by atoms with Gasteiger partial charge < -0.3 is 0 Å². The second-order valence-electron chi connectivity index (χ2n) is 2.93. The van der Waals surface area contributed by atoms with Gasteiger partial charge in [-0.3, -0.25) is 0 Å². The standard InChI is InChI=1S/C7H9.C5H5.2ClH.Ti/c1-6-4-3-5-7(6)2;1-2-4-5-3-1;;;/h3-5H,1-2H3;1-5H;2*1H;/q;;;;+2/p-2. The summed E-state index contributed by atoms with van der Waals surface area (Å²) in [7, 11) is 9.78. The third-order valence-corrected chi connectivity index (χ3v) is 1.87. The van der Waals surface area contributed by atoms with Crippen LogP contribution in [0.25, 0.3) is 0 Å². The van der Waals surface area contributed by atoms with E-state index in [0.717, 1.165) is 0 Å². The predicted octanol–water partition coefficient (Wildman–Crippen LogP) is 4.20. The van der Waals surface area contributed by atoms with E-state index in [9.17, 15) is 0 Å². The van der Waals surface area contributed by atoms with Crippen LogP contribution in [0.5, 0.6) is 0 Å². The van der Waals surface area contributed by atoms with Crippen LogP contribution in [0.4, 0.5) is 0 Å². The first-order valence-electron chi connectivity index (χ1n) is 4.54. The van der Waals surface area contributed by atoms with Crippen molar-refractivity contribution in [1.29, 1.82) is 0 Å². The topological polar surface area (TPSA) is 0 Å². The van der Waals surface area contributed by atoms with Crippen LogP contribution in [0, 0.1) is 63.2 Å². The zero-order valence-electron chi connectivity index (χ0n) is 8.87. The van der Waals surface area contributed by atoms with Gasteiger partial charge in [0.05, 0.1) is 0 Å². The molecule has 2 rings (SSSR count). The van der Waals surface area contributed by atoms with Gasteiger partial charge in [-0.2, -0.15) is 0 Å². The molecule has 2 fully saturated rings. The number of hydrogen-bond acceptors (Lipinski definition) is 0. The van der Waals surface area contributed by atoms with Crippen molar-refractivity contribution >= 4 is 18.6 Å². The van der Waals surface area contributed by atoms with Crippen molar-refractivity contribution in [2.75, 3.05) is 0 Å². The van der Waals surface area contributed by atoms with Crippen molar-refractivity contribution in [3.05, 3.63) is 63.2 Å². The molecule has 0 bridgehead atoms. The second kappa shape index (κ2) is 11.8. The van der Waals surface area contributed by atoms with Crippen molar-refractivity contribution in [3.8, 4) is 0 Å². The Labute approximate surface area is 112 Å². The third kappa shape index (κ3) is 10.2. The normalized spacial score (nSPS) is 21.3. The molecule has 0 aliphatic heterocycles. The maximum atomic E-state index is 4.89. The fourth-order valence-corrected chi connectivity index (χ4v) is 0.920. The molecule has 2 aliphatic rings. The molecule has 0 atom stereocenters. The van der Waals surface area contributed by atoms with Gasteiger partial charge in [0.25, 0.3) is 0 Å². The molecule has 0 N–H and O–H groups in total. The Balaban J connectivity index is 0.000000216. The summed E-state index contributed by atoms with van der Waals surface area (Å²) in [6.07, 6.45) is 16.3. The molecule has 2 saturated carbocycles. The van der Waals surface area contributed by atoms with Crippen LogP contribution < -0.4 is 0 Å². The van der Waals surface area contributed by atoms with Gasteiger partial charge in [0.15, 0.2) is 0 Å².